The van der Waals surface area contributed by atoms with Gasteiger partial charge in [-0.15, -0.1) is 0 Å². The van der Waals surface area contributed by atoms with Gasteiger partial charge in [0.1, 0.15) is 11.9 Å². The Labute approximate surface area is 164 Å². The van der Waals surface area contributed by atoms with Crippen LogP contribution in [-0.2, 0) is 14.3 Å². The van der Waals surface area contributed by atoms with E-state index in [-0.39, 0.29) is 24.0 Å². The third-order valence-electron chi connectivity index (χ3n) is 5.18. The van der Waals surface area contributed by atoms with Gasteiger partial charge >= 0.3 is 0 Å². The number of halogens is 1. The lowest BCUT2D eigenvalue weighted by atomic mass is 10.1. The summed E-state index contributed by atoms with van der Waals surface area (Å²) in [4.78, 5) is 28.9. The molecule has 1 N–H and O–H groups in total. The lowest BCUT2D eigenvalue weighted by Crippen LogP contribution is -2.55. The van der Waals surface area contributed by atoms with Crippen LogP contribution in [0.3, 0.4) is 0 Å². The lowest BCUT2D eigenvalue weighted by Gasteiger charge is -2.38. The Bertz CT molecular complexity index is 686. The second kappa shape index (κ2) is 8.91. The molecule has 0 aliphatic carbocycles. The van der Waals surface area contributed by atoms with E-state index >= 15 is 0 Å². The molecule has 1 aromatic rings. The van der Waals surface area contributed by atoms with E-state index in [9.17, 15) is 9.59 Å². The van der Waals surface area contributed by atoms with Crippen LogP contribution < -0.4 is 10.1 Å². The first-order valence-corrected chi connectivity index (χ1v) is 9.66. The van der Waals surface area contributed by atoms with E-state index in [4.69, 9.17) is 21.1 Å². The van der Waals surface area contributed by atoms with Crippen LogP contribution in [0.15, 0.2) is 18.2 Å². The topological polar surface area (TPSA) is 71.1 Å². The van der Waals surface area contributed by atoms with Gasteiger partial charge in [0.15, 0.2) is 0 Å². The number of hydrogen-bond acceptors (Lipinski definition) is 5. The highest BCUT2D eigenvalue weighted by Crippen LogP contribution is 2.27. The lowest BCUT2D eigenvalue weighted by molar-refractivity contribution is -0.143. The molecule has 2 unspecified atom stereocenters. The standard InChI is InChI=1S/C19H26ClN3O4/c1-13(18(24)21-14-5-6-16(26-2)15(20)12-14)22-7-9-23(10-8-22)19(25)17-4-3-11-27-17/h5-6,12-13,17H,3-4,7-11H2,1-2H3,(H,21,24). The van der Waals surface area contributed by atoms with Crippen molar-refractivity contribution in [2.24, 2.45) is 0 Å². The highest BCUT2D eigenvalue weighted by atomic mass is 35.5. The van der Waals surface area contributed by atoms with Gasteiger partial charge < -0.3 is 19.7 Å². The van der Waals surface area contributed by atoms with Crippen molar-refractivity contribution in [3.8, 4) is 5.75 Å². The van der Waals surface area contributed by atoms with Gasteiger partial charge in [0.05, 0.1) is 18.2 Å². The minimum absolute atomic E-state index is 0.0807. The highest BCUT2D eigenvalue weighted by Gasteiger charge is 2.32. The summed E-state index contributed by atoms with van der Waals surface area (Å²) in [5.74, 6) is 0.544. The number of ether oxygens (including phenoxy) is 2. The zero-order valence-corrected chi connectivity index (χ0v) is 16.5. The summed E-state index contributed by atoms with van der Waals surface area (Å²) in [6, 6.07) is 4.85. The second-order valence-corrected chi connectivity index (χ2v) is 7.28. The van der Waals surface area contributed by atoms with E-state index in [0.717, 1.165) is 12.8 Å². The molecule has 2 heterocycles. The summed E-state index contributed by atoms with van der Waals surface area (Å²) in [5.41, 5.74) is 0.629. The maximum Gasteiger partial charge on any atom is 0.251 e. The molecule has 1 aromatic carbocycles. The minimum Gasteiger partial charge on any atom is -0.495 e. The number of carbonyl (C=O) groups excluding carboxylic acids is 2. The predicted molar refractivity (Wildman–Crippen MR) is 103 cm³/mol. The van der Waals surface area contributed by atoms with Crippen LogP contribution in [0, 0.1) is 0 Å². The Hall–Kier alpha value is -1.83. The molecule has 7 nitrogen and oxygen atoms in total. The van der Waals surface area contributed by atoms with Crippen LogP contribution in [0.2, 0.25) is 5.02 Å². The van der Waals surface area contributed by atoms with E-state index in [1.54, 1.807) is 25.3 Å². The zero-order chi connectivity index (χ0) is 19.4. The quantitative estimate of drug-likeness (QED) is 0.825. The van der Waals surface area contributed by atoms with Crippen LogP contribution >= 0.6 is 11.6 Å². The van der Waals surface area contributed by atoms with Crippen molar-refractivity contribution >= 4 is 29.1 Å². The molecule has 27 heavy (non-hydrogen) atoms. The SMILES string of the molecule is COc1ccc(NC(=O)C(C)N2CCN(C(=O)C3CCCO3)CC2)cc1Cl. The Morgan fingerprint density at radius 3 is 2.63 bits per heavy atom. The third-order valence-corrected chi connectivity index (χ3v) is 5.47. The highest BCUT2D eigenvalue weighted by molar-refractivity contribution is 6.32. The minimum atomic E-state index is -0.300. The Kier molecular flexibility index (Phi) is 6.57. The monoisotopic (exact) mass is 395 g/mol. The maximum absolute atomic E-state index is 12.6. The molecule has 8 heteroatoms. The van der Waals surface area contributed by atoms with E-state index < -0.39 is 0 Å². The van der Waals surface area contributed by atoms with Crippen molar-refractivity contribution in [3.05, 3.63) is 23.2 Å². The summed E-state index contributed by atoms with van der Waals surface area (Å²) < 4.78 is 10.6. The van der Waals surface area contributed by atoms with Gasteiger partial charge in [-0.05, 0) is 38.0 Å². The molecule has 0 bridgehead atoms. The molecule has 2 amide bonds. The van der Waals surface area contributed by atoms with Gasteiger partial charge in [0, 0.05) is 38.5 Å². The van der Waals surface area contributed by atoms with E-state index in [1.165, 1.54) is 0 Å². The van der Waals surface area contributed by atoms with Crippen LogP contribution in [-0.4, -0.2) is 73.7 Å². The van der Waals surface area contributed by atoms with E-state index in [1.807, 2.05) is 11.8 Å². The largest absolute Gasteiger partial charge is 0.495 e. The van der Waals surface area contributed by atoms with Crippen LogP contribution in [0.5, 0.6) is 5.75 Å². The maximum atomic E-state index is 12.6. The normalized spacial score (nSPS) is 21.7. The Balaban J connectivity index is 1.51. The smallest absolute Gasteiger partial charge is 0.251 e. The van der Waals surface area contributed by atoms with Gasteiger partial charge in [0.25, 0.3) is 5.91 Å². The van der Waals surface area contributed by atoms with Crippen LogP contribution in [0.25, 0.3) is 0 Å². The van der Waals surface area contributed by atoms with Gasteiger partial charge in [-0.2, -0.15) is 0 Å². The molecule has 2 aliphatic rings. The molecule has 3 rings (SSSR count). The average Bonchev–Trinajstić information content (AvgIpc) is 3.22. The van der Waals surface area contributed by atoms with E-state index in [0.29, 0.717) is 49.2 Å². The number of nitrogens with zero attached hydrogens (tertiary/aromatic N) is 2. The average molecular weight is 396 g/mol. The first kappa shape index (κ1) is 19.9. The fourth-order valence-corrected chi connectivity index (χ4v) is 3.72. The molecule has 148 valence electrons. The van der Waals surface area contributed by atoms with Crippen molar-refractivity contribution in [1.29, 1.82) is 0 Å². The Morgan fingerprint density at radius 1 is 1.30 bits per heavy atom. The summed E-state index contributed by atoms with van der Waals surface area (Å²) >= 11 is 6.11. The third kappa shape index (κ3) is 4.72. The summed E-state index contributed by atoms with van der Waals surface area (Å²) in [6.07, 6.45) is 1.47. The first-order chi connectivity index (χ1) is 13.0. The second-order valence-electron chi connectivity index (χ2n) is 6.88. The number of rotatable bonds is 5. The van der Waals surface area contributed by atoms with Crippen LogP contribution in [0.4, 0.5) is 5.69 Å². The number of anilines is 1. The fraction of sp³-hybridized carbons (Fsp3) is 0.579. The molecular weight excluding hydrogens is 370 g/mol. The molecule has 0 radical (unpaired) electrons. The summed E-state index contributed by atoms with van der Waals surface area (Å²) in [7, 11) is 1.55. The molecule has 2 saturated heterocycles. The van der Waals surface area contributed by atoms with Gasteiger partial charge in [-0.3, -0.25) is 14.5 Å². The molecule has 0 spiro atoms. The number of amides is 2. The number of carbonyl (C=O) groups is 2. The first-order valence-electron chi connectivity index (χ1n) is 9.28. The number of piperazine rings is 1. The van der Waals surface area contributed by atoms with Gasteiger partial charge in [-0.1, -0.05) is 11.6 Å². The predicted octanol–water partition coefficient (Wildman–Crippen LogP) is 2.00. The summed E-state index contributed by atoms with van der Waals surface area (Å²) in [6.45, 7) is 5.10. The molecular formula is C19H26ClN3O4. The zero-order valence-electron chi connectivity index (χ0n) is 15.7. The van der Waals surface area contributed by atoms with Crippen molar-refractivity contribution < 1.29 is 19.1 Å². The number of benzene rings is 1. The molecule has 2 fully saturated rings. The summed E-state index contributed by atoms with van der Waals surface area (Å²) in [5, 5.41) is 3.34. The van der Waals surface area contributed by atoms with Crippen LogP contribution in [0.1, 0.15) is 19.8 Å². The number of nitrogens with one attached hydrogen (secondary N) is 1. The number of hydrogen-bond donors (Lipinski definition) is 1. The molecule has 0 saturated carbocycles. The van der Waals surface area contributed by atoms with E-state index in [2.05, 4.69) is 10.2 Å². The molecule has 0 aromatic heterocycles. The Morgan fingerprint density at radius 2 is 2.04 bits per heavy atom. The fourth-order valence-electron chi connectivity index (χ4n) is 3.46. The number of methoxy groups -OCH3 is 1. The molecule has 2 atom stereocenters. The van der Waals surface area contributed by atoms with Crippen molar-refractivity contribution in [3.63, 3.8) is 0 Å². The van der Waals surface area contributed by atoms with Crippen molar-refractivity contribution in [2.75, 3.05) is 45.2 Å². The van der Waals surface area contributed by atoms with Crippen molar-refractivity contribution in [1.82, 2.24) is 9.80 Å². The van der Waals surface area contributed by atoms with Crippen molar-refractivity contribution in [2.45, 2.75) is 31.9 Å². The molecule has 2 aliphatic heterocycles. The van der Waals surface area contributed by atoms with Gasteiger partial charge in [-0.25, -0.2) is 0 Å². The van der Waals surface area contributed by atoms with Gasteiger partial charge in [0.2, 0.25) is 5.91 Å².